The molecule has 0 bridgehead atoms. The van der Waals surface area contributed by atoms with Gasteiger partial charge in [0.25, 0.3) is 0 Å². The van der Waals surface area contributed by atoms with Crippen molar-refractivity contribution >= 4 is 0 Å². The highest BCUT2D eigenvalue weighted by Crippen LogP contribution is 2.06. The van der Waals surface area contributed by atoms with Crippen LogP contribution in [0.2, 0.25) is 0 Å². The first kappa shape index (κ1) is 14.9. The van der Waals surface area contributed by atoms with E-state index in [0.29, 0.717) is 0 Å². The van der Waals surface area contributed by atoms with Gasteiger partial charge in [-0.2, -0.15) is 0 Å². The third kappa shape index (κ3) is 5.15. The Bertz CT molecular complexity index is 684. The van der Waals surface area contributed by atoms with Crippen molar-refractivity contribution in [2.24, 2.45) is 0 Å². The smallest absolute Gasteiger partial charge is 0.113 e. The molecular formula is C19H17NO. The molecule has 0 unspecified atom stereocenters. The van der Waals surface area contributed by atoms with Crippen molar-refractivity contribution in [2.75, 3.05) is 6.61 Å². The summed E-state index contributed by atoms with van der Waals surface area (Å²) >= 11 is 0. The van der Waals surface area contributed by atoms with Gasteiger partial charge in [0, 0.05) is 30.4 Å². The van der Waals surface area contributed by atoms with Gasteiger partial charge in [-0.3, -0.25) is 0 Å². The van der Waals surface area contributed by atoms with Gasteiger partial charge in [-0.25, -0.2) is 4.98 Å². The summed E-state index contributed by atoms with van der Waals surface area (Å²) in [5.74, 6) is 12.5. The Morgan fingerprint density at radius 3 is 2.33 bits per heavy atom. The summed E-state index contributed by atoms with van der Waals surface area (Å²) in [4.78, 5) is 4.19. The Kier molecular flexibility index (Phi) is 6.07. The van der Waals surface area contributed by atoms with E-state index < -0.39 is 0 Å². The fourth-order valence-corrected chi connectivity index (χ4v) is 1.75. The van der Waals surface area contributed by atoms with Crippen molar-refractivity contribution in [3.63, 3.8) is 0 Å². The molecule has 2 heteroatoms. The molecule has 2 rings (SSSR count). The number of aliphatic hydroxyl groups excluding tert-OH is 1. The molecular weight excluding hydrogens is 258 g/mol. The van der Waals surface area contributed by atoms with E-state index in [9.17, 15) is 0 Å². The number of aliphatic hydroxyl groups is 1. The third-order valence-electron chi connectivity index (χ3n) is 2.85. The van der Waals surface area contributed by atoms with E-state index in [1.807, 2.05) is 42.5 Å². The molecule has 1 aromatic heterocycles. The van der Waals surface area contributed by atoms with E-state index in [-0.39, 0.29) is 6.61 Å². The topological polar surface area (TPSA) is 33.1 Å². The van der Waals surface area contributed by atoms with Crippen molar-refractivity contribution in [2.45, 2.75) is 19.3 Å². The van der Waals surface area contributed by atoms with Crippen molar-refractivity contribution in [1.29, 1.82) is 0 Å². The van der Waals surface area contributed by atoms with E-state index in [1.165, 1.54) is 0 Å². The number of aromatic nitrogens is 1. The minimum absolute atomic E-state index is 0.230. The standard InChI is InChI=1S/C19H17NO/c21-16-8-2-1-3-9-17-10-4-5-11-18(17)13-14-19-12-6-7-15-20-19/h4-7,10-12,15,21H,1-2,8,16H2. The molecule has 0 saturated carbocycles. The van der Waals surface area contributed by atoms with Crippen molar-refractivity contribution in [3.05, 3.63) is 65.5 Å². The van der Waals surface area contributed by atoms with Gasteiger partial charge in [0.2, 0.25) is 0 Å². The lowest BCUT2D eigenvalue weighted by molar-refractivity contribution is 0.285. The highest BCUT2D eigenvalue weighted by Gasteiger charge is 1.94. The average Bonchev–Trinajstić information content (AvgIpc) is 2.55. The zero-order valence-electron chi connectivity index (χ0n) is 11.8. The summed E-state index contributed by atoms with van der Waals surface area (Å²) in [7, 11) is 0. The molecule has 2 nitrogen and oxygen atoms in total. The number of hydrogen-bond donors (Lipinski definition) is 1. The van der Waals surface area contributed by atoms with E-state index in [2.05, 4.69) is 28.7 Å². The van der Waals surface area contributed by atoms with Crippen LogP contribution in [0.4, 0.5) is 0 Å². The Labute approximate surface area is 125 Å². The molecule has 0 saturated heterocycles. The van der Waals surface area contributed by atoms with E-state index in [1.54, 1.807) is 6.20 Å². The van der Waals surface area contributed by atoms with Crippen LogP contribution in [-0.4, -0.2) is 16.7 Å². The lowest BCUT2D eigenvalue weighted by atomic mass is 10.1. The van der Waals surface area contributed by atoms with Crippen LogP contribution < -0.4 is 0 Å². The molecule has 104 valence electrons. The SMILES string of the molecule is OCCCCC#Cc1ccccc1C#Cc1ccccn1. The summed E-state index contributed by atoms with van der Waals surface area (Å²) in [6, 6.07) is 13.5. The highest BCUT2D eigenvalue weighted by atomic mass is 16.2. The van der Waals surface area contributed by atoms with Gasteiger partial charge in [-0.15, -0.1) is 0 Å². The molecule has 1 heterocycles. The molecule has 0 radical (unpaired) electrons. The van der Waals surface area contributed by atoms with Crippen molar-refractivity contribution in [1.82, 2.24) is 4.98 Å². The van der Waals surface area contributed by atoms with E-state index in [0.717, 1.165) is 36.1 Å². The first-order valence-electron chi connectivity index (χ1n) is 7.02. The number of benzene rings is 1. The van der Waals surface area contributed by atoms with Gasteiger partial charge in [0.15, 0.2) is 0 Å². The van der Waals surface area contributed by atoms with Crippen LogP contribution in [0.3, 0.4) is 0 Å². The van der Waals surface area contributed by atoms with Crippen molar-refractivity contribution < 1.29 is 5.11 Å². The largest absolute Gasteiger partial charge is 0.396 e. The minimum Gasteiger partial charge on any atom is -0.396 e. The Hall–Kier alpha value is -2.55. The maximum Gasteiger partial charge on any atom is 0.113 e. The minimum atomic E-state index is 0.230. The maximum atomic E-state index is 8.73. The van der Waals surface area contributed by atoms with Crippen LogP contribution in [0.1, 0.15) is 36.1 Å². The molecule has 2 aromatic rings. The Morgan fingerprint density at radius 2 is 1.62 bits per heavy atom. The fourth-order valence-electron chi connectivity index (χ4n) is 1.75. The van der Waals surface area contributed by atoms with Crippen LogP contribution >= 0.6 is 0 Å². The molecule has 21 heavy (non-hydrogen) atoms. The third-order valence-corrected chi connectivity index (χ3v) is 2.85. The quantitative estimate of drug-likeness (QED) is 0.690. The first-order chi connectivity index (χ1) is 10.4. The molecule has 1 N–H and O–H groups in total. The van der Waals surface area contributed by atoms with Crippen LogP contribution in [0, 0.1) is 23.7 Å². The zero-order chi connectivity index (χ0) is 14.8. The summed E-state index contributed by atoms with van der Waals surface area (Å²) in [5.41, 5.74) is 2.60. The second kappa shape index (κ2) is 8.59. The predicted octanol–water partition coefficient (Wildman–Crippen LogP) is 3.00. The molecule has 0 aliphatic carbocycles. The molecule has 0 aliphatic heterocycles. The second-order valence-corrected chi connectivity index (χ2v) is 4.49. The van der Waals surface area contributed by atoms with Gasteiger partial charge >= 0.3 is 0 Å². The summed E-state index contributed by atoms with van der Waals surface area (Å²) in [6.07, 6.45) is 4.25. The molecule has 0 atom stereocenters. The number of hydrogen-bond acceptors (Lipinski definition) is 2. The zero-order valence-corrected chi connectivity index (χ0v) is 11.8. The van der Waals surface area contributed by atoms with Gasteiger partial charge in [-0.1, -0.05) is 36.0 Å². The van der Waals surface area contributed by atoms with Crippen LogP contribution in [0.5, 0.6) is 0 Å². The number of rotatable bonds is 3. The number of pyridine rings is 1. The lowest BCUT2D eigenvalue weighted by Crippen LogP contribution is -1.85. The summed E-state index contributed by atoms with van der Waals surface area (Å²) in [5, 5.41) is 8.73. The fraction of sp³-hybridized carbons (Fsp3) is 0.211. The van der Waals surface area contributed by atoms with Crippen LogP contribution in [0.15, 0.2) is 48.7 Å². The summed E-state index contributed by atoms with van der Waals surface area (Å²) in [6.45, 7) is 0.230. The molecule has 0 aliphatic rings. The van der Waals surface area contributed by atoms with Crippen LogP contribution in [0.25, 0.3) is 0 Å². The monoisotopic (exact) mass is 275 g/mol. The molecule has 0 fully saturated rings. The van der Waals surface area contributed by atoms with Crippen LogP contribution in [-0.2, 0) is 0 Å². The number of nitrogens with zero attached hydrogens (tertiary/aromatic N) is 1. The second-order valence-electron chi connectivity index (χ2n) is 4.49. The van der Waals surface area contributed by atoms with Gasteiger partial charge in [0.1, 0.15) is 5.69 Å². The van der Waals surface area contributed by atoms with E-state index in [4.69, 9.17) is 5.11 Å². The maximum absolute atomic E-state index is 8.73. The van der Waals surface area contributed by atoms with Gasteiger partial charge < -0.3 is 5.11 Å². The highest BCUT2D eigenvalue weighted by molar-refractivity contribution is 5.51. The molecule has 0 amide bonds. The van der Waals surface area contributed by atoms with Gasteiger partial charge in [0.05, 0.1) is 0 Å². The number of unbranched alkanes of at least 4 members (excludes halogenated alkanes) is 2. The average molecular weight is 275 g/mol. The summed E-state index contributed by atoms with van der Waals surface area (Å²) < 4.78 is 0. The first-order valence-corrected chi connectivity index (χ1v) is 7.02. The van der Waals surface area contributed by atoms with Crippen molar-refractivity contribution in [3.8, 4) is 23.7 Å². The molecule has 1 aromatic carbocycles. The van der Waals surface area contributed by atoms with E-state index >= 15 is 0 Å². The normalized spacial score (nSPS) is 9.19. The predicted molar refractivity (Wildman–Crippen MR) is 84.5 cm³/mol. The molecule has 0 spiro atoms. The lowest BCUT2D eigenvalue weighted by Gasteiger charge is -1.95. The Morgan fingerprint density at radius 1 is 0.857 bits per heavy atom. The van der Waals surface area contributed by atoms with Gasteiger partial charge in [-0.05, 0) is 43.0 Å². The Balaban J connectivity index is 2.12.